The largest absolute Gasteiger partial charge is 0.342 e. The van der Waals surface area contributed by atoms with Gasteiger partial charge < -0.3 is 4.90 Å². The van der Waals surface area contributed by atoms with Crippen LogP contribution < -0.4 is 0 Å². The van der Waals surface area contributed by atoms with Crippen LogP contribution >= 0.6 is 11.3 Å². The number of carbonyl (C=O) groups excluding carboxylic acids is 1. The summed E-state index contributed by atoms with van der Waals surface area (Å²) in [5.74, 6) is 1.14. The van der Waals surface area contributed by atoms with Gasteiger partial charge in [-0.3, -0.25) is 4.79 Å². The summed E-state index contributed by atoms with van der Waals surface area (Å²) in [6.07, 6.45) is 0.392. The van der Waals surface area contributed by atoms with E-state index in [1.807, 2.05) is 40.6 Å². The van der Waals surface area contributed by atoms with Crippen LogP contribution in [-0.2, 0) is 11.2 Å². The normalized spacial score (nSPS) is 11.2. The Bertz CT molecular complexity index is 609. The molecule has 1 amide bonds. The summed E-state index contributed by atoms with van der Waals surface area (Å²) in [6, 6.07) is 10.1. The van der Waals surface area contributed by atoms with E-state index in [1.165, 1.54) is 0 Å². The molecule has 0 saturated carbocycles. The van der Waals surface area contributed by atoms with Crippen LogP contribution in [0, 0.1) is 11.8 Å². The SMILES string of the molecule is CC(C)CN(CC(C)C)C(=O)Cc1csc(-c2ccccc2)n1. The second-order valence-electron chi connectivity index (χ2n) is 6.77. The molecule has 0 aliphatic carbocycles. The highest BCUT2D eigenvalue weighted by Gasteiger charge is 2.18. The molecule has 3 nitrogen and oxygen atoms in total. The van der Waals surface area contributed by atoms with Crippen molar-refractivity contribution in [3.63, 3.8) is 0 Å². The number of carbonyl (C=O) groups is 1. The van der Waals surface area contributed by atoms with Gasteiger partial charge in [-0.1, -0.05) is 58.0 Å². The van der Waals surface area contributed by atoms with Crippen molar-refractivity contribution >= 4 is 17.2 Å². The van der Waals surface area contributed by atoms with Gasteiger partial charge in [-0.15, -0.1) is 11.3 Å². The van der Waals surface area contributed by atoms with E-state index in [4.69, 9.17) is 0 Å². The molecule has 0 unspecified atom stereocenters. The van der Waals surface area contributed by atoms with E-state index in [-0.39, 0.29) is 5.91 Å². The Morgan fingerprint density at radius 1 is 1.09 bits per heavy atom. The van der Waals surface area contributed by atoms with Crippen molar-refractivity contribution in [1.82, 2.24) is 9.88 Å². The molecule has 124 valence electrons. The van der Waals surface area contributed by atoms with Crippen LogP contribution in [0.15, 0.2) is 35.7 Å². The third-order valence-electron chi connectivity index (χ3n) is 3.43. The Labute approximate surface area is 143 Å². The second kappa shape index (κ2) is 8.25. The van der Waals surface area contributed by atoms with E-state index < -0.39 is 0 Å². The molecule has 2 aromatic rings. The van der Waals surface area contributed by atoms with Crippen LogP contribution in [0.3, 0.4) is 0 Å². The summed E-state index contributed by atoms with van der Waals surface area (Å²) in [4.78, 5) is 19.2. The first-order valence-corrected chi connectivity index (χ1v) is 9.11. The van der Waals surface area contributed by atoms with Crippen LogP contribution in [0.25, 0.3) is 10.6 Å². The maximum Gasteiger partial charge on any atom is 0.228 e. The fourth-order valence-electron chi connectivity index (χ4n) is 2.53. The average Bonchev–Trinajstić information content (AvgIpc) is 2.95. The predicted octanol–water partition coefficient (Wildman–Crippen LogP) is 4.49. The molecule has 0 N–H and O–H groups in total. The van der Waals surface area contributed by atoms with E-state index in [2.05, 4.69) is 32.7 Å². The van der Waals surface area contributed by atoms with Gasteiger partial charge in [0.05, 0.1) is 12.1 Å². The van der Waals surface area contributed by atoms with Crippen LogP contribution in [-0.4, -0.2) is 28.9 Å². The molecule has 0 saturated heterocycles. The lowest BCUT2D eigenvalue weighted by Gasteiger charge is -2.26. The zero-order chi connectivity index (χ0) is 16.8. The van der Waals surface area contributed by atoms with E-state index in [9.17, 15) is 4.79 Å². The molecule has 0 radical (unpaired) electrons. The van der Waals surface area contributed by atoms with Crippen molar-refractivity contribution in [2.75, 3.05) is 13.1 Å². The number of nitrogens with zero attached hydrogens (tertiary/aromatic N) is 2. The number of hydrogen-bond acceptors (Lipinski definition) is 3. The first-order chi connectivity index (χ1) is 11.0. The molecule has 1 aromatic heterocycles. The number of rotatable bonds is 7. The monoisotopic (exact) mass is 330 g/mol. The average molecular weight is 330 g/mol. The van der Waals surface area contributed by atoms with Gasteiger partial charge in [0.2, 0.25) is 5.91 Å². The minimum Gasteiger partial charge on any atom is -0.342 e. The van der Waals surface area contributed by atoms with Gasteiger partial charge in [-0.2, -0.15) is 0 Å². The lowest BCUT2D eigenvalue weighted by Crippen LogP contribution is -2.38. The summed E-state index contributed by atoms with van der Waals surface area (Å²) in [5.41, 5.74) is 1.98. The van der Waals surface area contributed by atoms with E-state index >= 15 is 0 Å². The van der Waals surface area contributed by atoms with Crippen molar-refractivity contribution in [1.29, 1.82) is 0 Å². The summed E-state index contributed by atoms with van der Waals surface area (Å²) in [6.45, 7) is 10.2. The quantitative estimate of drug-likeness (QED) is 0.749. The minimum atomic E-state index is 0.178. The molecule has 0 bridgehead atoms. The lowest BCUT2D eigenvalue weighted by molar-refractivity contribution is -0.131. The van der Waals surface area contributed by atoms with Gasteiger partial charge in [0, 0.05) is 24.0 Å². The highest BCUT2D eigenvalue weighted by molar-refractivity contribution is 7.13. The molecule has 0 aliphatic heterocycles. The third kappa shape index (κ3) is 5.47. The summed E-state index contributed by atoms with van der Waals surface area (Å²) in [7, 11) is 0. The fraction of sp³-hybridized carbons (Fsp3) is 0.474. The van der Waals surface area contributed by atoms with E-state index in [0.717, 1.165) is 29.4 Å². The Balaban J connectivity index is 2.05. The van der Waals surface area contributed by atoms with Crippen LogP contribution in [0.4, 0.5) is 0 Å². The van der Waals surface area contributed by atoms with Crippen LogP contribution in [0.5, 0.6) is 0 Å². The van der Waals surface area contributed by atoms with Crippen LogP contribution in [0.2, 0.25) is 0 Å². The molecule has 4 heteroatoms. The lowest BCUT2D eigenvalue weighted by atomic mass is 10.1. The molecule has 1 heterocycles. The van der Waals surface area contributed by atoms with Gasteiger partial charge in [0.1, 0.15) is 5.01 Å². The first kappa shape index (κ1) is 17.7. The van der Waals surface area contributed by atoms with Gasteiger partial charge in [0.25, 0.3) is 0 Å². The summed E-state index contributed by atoms with van der Waals surface area (Å²) >= 11 is 1.60. The maximum atomic E-state index is 12.6. The van der Waals surface area contributed by atoms with Gasteiger partial charge in [-0.05, 0) is 11.8 Å². The Hall–Kier alpha value is -1.68. The molecule has 0 fully saturated rings. The van der Waals surface area contributed by atoms with Crippen molar-refractivity contribution in [3.8, 4) is 10.6 Å². The Morgan fingerprint density at radius 2 is 1.70 bits per heavy atom. The number of benzene rings is 1. The van der Waals surface area contributed by atoms with Gasteiger partial charge in [-0.25, -0.2) is 4.98 Å². The number of amides is 1. The highest BCUT2D eigenvalue weighted by Crippen LogP contribution is 2.23. The van der Waals surface area contributed by atoms with Gasteiger partial charge in [0.15, 0.2) is 0 Å². The number of aromatic nitrogens is 1. The van der Waals surface area contributed by atoms with Crippen molar-refractivity contribution in [2.45, 2.75) is 34.1 Å². The fourth-order valence-corrected chi connectivity index (χ4v) is 3.35. The first-order valence-electron chi connectivity index (χ1n) is 8.23. The Morgan fingerprint density at radius 3 is 2.26 bits per heavy atom. The molecule has 0 aliphatic rings. The molecule has 0 atom stereocenters. The standard InChI is InChI=1S/C19H26N2OS/c1-14(2)11-21(12-15(3)4)18(22)10-17-13-23-19(20-17)16-8-6-5-7-9-16/h5-9,13-15H,10-12H2,1-4H3. The van der Waals surface area contributed by atoms with Crippen molar-refractivity contribution in [3.05, 3.63) is 41.4 Å². The second-order valence-corrected chi connectivity index (χ2v) is 7.63. The third-order valence-corrected chi connectivity index (χ3v) is 4.37. The van der Waals surface area contributed by atoms with Crippen LogP contribution in [0.1, 0.15) is 33.4 Å². The summed E-state index contributed by atoms with van der Waals surface area (Å²) in [5, 5.41) is 2.98. The van der Waals surface area contributed by atoms with E-state index in [0.29, 0.717) is 18.3 Å². The zero-order valence-corrected chi connectivity index (χ0v) is 15.3. The molecule has 2 rings (SSSR count). The molecule has 1 aromatic carbocycles. The van der Waals surface area contributed by atoms with Gasteiger partial charge >= 0.3 is 0 Å². The van der Waals surface area contributed by atoms with E-state index in [1.54, 1.807) is 11.3 Å². The molecule has 23 heavy (non-hydrogen) atoms. The zero-order valence-electron chi connectivity index (χ0n) is 14.5. The smallest absolute Gasteiger partial charge is 0.228 e. The predicted molar refractivity (Wildman–Crippen MR) is 97.5 cm³/mol. The number of thiazole rings is 1. The minimum absolute atomic E-state index is 0.178. The maximum absolute atomic E-state index is 12.6. The highest BCUT2D eigenvalue weighted by atomic mass is 32.1. The number of hydrogen-bond donors (Lipinski definition) is 0. The summed E-state index contributed by atoms with van der Waals surface area (Å²) < 4.78 is 0. The van der Waals surface area contributed by atoms with Crippen molar-refractivity contribution in [2.24, 2.45) is 11.8 Å². The molecule has 0 spiro atoms. The molecular formula is C19H26N2OS. The Kier molecular flexibility index (Phi) is 6.34. The van der Waals surface area contributed by atoms with Crippen molar-refractivity contribution < 1.29 is 4.79 Å². The topological polar surface area (TPSA) is 33.2 Å². The molecular weight excluding hydrogens is 304 g/mol.